The molecule has 5 aliphatic heterocycles. The minimum Gasteiger partial charge on any atom is -0.389 e. The Morgan fingerprint density at radius 1 is 0.301 bits per heavy atom. The number of nitrogens with zero attached hydrogens (tertiary/aromatic N) is 20. The molecule has 15 aromatic rings. The fourth-order valence-corrected chi connectivity index (χ4v) is 21.7. The van der Waals surface area contributed by atoms with E-state index in [2.05, 4.69) is 285 Å². The molecule has 10 aromatic heterocycles. The van der Waals surface area contributed by atoms with Crippen LogP contribution in [0.4, 0.5) is 29.1 Å². The number of rotatable bonds is 24. The maximum Gasteiger partial charge on any atom is 0.223 e. The first-order valence-electron chi connectivity index (χ1n) is 54.0. The highest BCUT2D eigenvalue weighted by atomic mass is 16.5. The molecule has 0 bridgehead atoms. The Kier molecular flexibility index (Phi) is 33.8. The molecule has 2 aliphatic carbocycles. The largest absolute Gasteiger partial charge is 0.389 e. The minimum absolute atomic E-state index is 0.400. The van der Waals surface area contributed by atoms with Gasteiger partial charge in [0.2, 0.25) is 58.6 Å². The highest BCUT2D eigenvalue weighted by Gasteiger charge is 2.34. The van der Waals surface area contributed by atoms with E-state index in [1.54, 1.807) is 6.92 Å². The van der Waals surface area contributed by atoms with E-state index in [-0.39, 0.29) is 0 Å². The number of aliphatic hydroxyl groups is 1. The van der Waals surface area contributed by atoms with E-state index >= 15 is 0 Å². The summed E-state index contributed by atoms with van der Waals surface area (Å²) in [5.41, 5.74) is 15.1. The van der Waals surface area contributed by atoms with Crippen LogP contribution in [-0.4, -0.2) is 213 Å². The Balaban J connectivity index is 0.000000120. The summed E-state index contributed by atoms with van der Waals surface area (Å²) in [5, 5.41) is 55.2. The van der Waals surface area contributed by atoms with E-state index in [1.165, 1.54) is 105 Å². The zero-order chi connectivity index (χ0) is 102. The van der Waals surface area contributed by atoms with E-state index in [9.17, 15) is 5.11 Å². The van der Waals surface area contributed by atoms with Gasteiger partial charge < -0.3 is 78.8 Å². The molecule has 22 rings (SSSR count). The summed E-state index contributed by atoms with van der Waals surface area (Å²) in [6.07, 6.45) is 27.1. The molecule has 0 atom stereocenters. The molecule has 772 valence electrons. The molecular formula is C115H151N25O6. The Hall–Kier alpha value is -12.4. The first kappa shape index (κ1) is 104. The van der Waals surface area contributed by atoms with E-state index < -0.39 is 5.60 Å². The minimum atomic E-state index is -0.696. The van der Waals surface area contributed by atoms with Gasteiger partial charge in [-0.15, -0.1) is 0 Å². The number of benzene rings is 5. The van der Waals surface area contributed by atoms with Gasteiger partial charge in [-0.05, 0) is 255 Å². The zero-order valence-electron chi connectivity index (χ0n) is 88.7. The summed E-state index contributed by atoms with van der Waals surface area (Å²) in [6.45, 7) is 43.6. The fraction of sp³-hybridized carbons (Fsp3) is 0.522. The molecule has 31 nitrogen and oxygen atoms in total. The molecule has 5 aromatic carbocycles. The second-order valence-corrected chi connectivity index (χ2v) is 42.9. The van der Waals surface area contributed by atoms with Gasteiger partial charge in [0.15, 0.2) is 0 Å². The van der Waals surface area contributed by atoms with Crippen molar-refractivity contribution in [2.75, 3.05) is 103 Å². The maximum atomic E-state index is 9.96. The van der Waals surface area contributed by atoms with Crippen molar-refractivity contribution < 1.29 is 27.7 Å². The third kappa shape index (κ3) is 26.6. The van der Waals surface area contributed by atoms with Crippen LogP contribution in [0.2, 0.25) is 0 Å². The molecule has 0 spiro atoms. The average Bonchev–Trinajstić information content (AvgIpc) is 1.34. The number of nitrogens with one attached hydrogen (secondary N) is 5. The molecule has 15 heterocycles. The van der Waals surface area contributed by atoms with E-state index in [4.69, 9.17) is 47.5 Å². The van der Waals surface area contributed by atoms with Gasteiger partial charge >= 0.3 is 0 Å². The van der Waals surface area contributed by atoms with Crippen LogP contribution in [0.5, 0.6) is 0 Å². The average molecular weight is 1980 g/mol. The van der Waals surface area contributed by atoms with Gasteiger partial charge in [0.1, 0.15) is 29.1 Å². The lowest BCUT2D eigenvalue weighted by Gasteiger charge is -2.36. The maximum absolute atomic E-state index is 9.96. The zero-order valence-corrected chi connectivity index (χ0v) is 88.7. The predicted octanol–water partition coefficient (Wildman–Crippen LogP) is 21.6. The molecule has 0 unspecified atom stereocenters. The summed E-state index contributed by atoms with van der Waals surface area (Å²) < 4.78 is 26.3. The van der Waals surface area contributed by atoms with Crippen LogP contribution in [0.1, 0.15) is 240 Å². The summed E-state index contributed by atoms with van der Waals surface area (Å²) in [5.74, 6) is 11.4. The molecule has 2 saturated carbocycles. The van der Waals surface area contributed by atoms with Crippen molar-refractivity contribution in [3.8, 4) is 56.9 Å². The van der Waals surface area contributed by atoms with Crippen LogP contribution in [0, 0.1) is 75.2 Å². The number of aryl methyl sites for hydroxylation is 10. The van der Waals surface area contributed by atoms with Crippen LogP contribution in [-0.2, 0) is 0 Å². The molecule has 0 amide bonds. The molecule has 5 saturated heterocycles. The second kappa shape index (κ2) is 47.6. The van der Waals surface area contributed by atoms with Gasteiger partial charge in [0.25, 0.3) is 0 Å². The third-order valence-corrected chi connectivity index (χ3v) is 29.8. The van der Waals surface area contributed by atoms with Gasteiger partial charge in [0, 0.05) is 182 Å². The number of aromatic nitrogens is 15. The highest BCUT2D eigenvalue weighted by Crippen LogP contribution is 2.41. The number of hydrogen-bond acceptors (Lipinski definition) is 31. The summed E-state index contributed by atoms with van der Waals surface area (Å²) >= 11 is 0. The standard InChI is InChI=1S/C25H33N5O.C23H29N5O.C23H31N5O.C22H29N5O2.C22H29N5O/c1-17-9-10-23-19(15-17)16-22(24-26-18(2)31-29-24)25(28-23)30-13-11-21(12-14-30)27-20-7-5-3-4-6-8-20;1-15-7-8-21-17(13-15)14-20(22-24-16(2)29-27-22)23(26-21)28-11-9-19(10-12-28)25-18-5-3-4-6-18;1-5-18(6-2)25-19-9-11-28(12-10-19)23-20(22-24-16(4)29-27-22)14-17-13-15(3)7-8-21(17)26-23;1-14-5-6-19-16(11-14)12-18(20-24-15(2)29-26-20)21(25-19)27-9-7-17(8-10-27)23-13-22(3,4)28;1-14(2)13-23-18-7-9-27(10-8-18)22-19(21-24-16(4)28-26-21)12-17-11-15(3)5-6-20(17)25-22/h9-10,15-16,20-21,27H,3-8,11-14H2,1-2H3;7-8,13-14,18-19,25H,3-6,9-12H2,1-2H3;7-8,13-14,18-19,25H,5-6,9-12H2,1-4H3;5-6,11-12,17,23,28H,7-10,13H2,1-4H3;5-6,11-12,14,18,23H,7-10,13H2,1-4H3. The number of piperidine rings is 5. The topological polar surface area (TPSA) is 356 Å². The molecule has 31 heteroatoms. The Morgan fingerprint density at radius 3 is 0.767 bits per heavy atom. The lowest BCUT2D eigenvalue weighted by Crippen LogP contribution is -2.47. The number of anilines is 5. The molecule has 7 fully saturated rings. The molecule has 146 heavy (non-hydrogen) atoms. The van der Waals surface area contributed by atoms with Crippen molar-refractivity contribution in [2.24, 2.45) is 5.92 Å². The second-order valence-electron chi connectivity index (χ2n) is 42.9. The number of fused-ring (bicyclic) bond motifs is 5. The third-order valence-electron chi connectivity index (χ3n) is 29.8. The first-order chi connectivity index (χ1) is 70.6. The van der Waals surface area contributed by atoms with Gasteiger partial charge in [0.05, 0.1) is 61.0 Å². The Labute approximate surface area is 859 Å². The van der Waals surface area contributed by atoms with Crippen molar-refractivity contribution in [3.63, 3.8) is 0 Å². The van der Waals surface area contributed by atoms with Crippen LogP contribution in [0.3, 0.4) is 0 Å². The Bertz CT molecular complexity index is 6690. The molecule has 7 aliphatic rings. The van der Waals surface area contributed by atoms with Gasteiger partial charge in [-0.3, -0.25) is 0 Å². The van der Waals surface area contributed by atoms with Crippen LogP contribution < -0.4 is 51.1 Å². The number of hydrogen-bond donors (Lipinski definition) is 6. The van der Waals surface area contributed by atoms with Crippen molar-refractivity contribution >= 4 is 83.6 Å². The monoisotopic (exact) mass is 1980 g/mol. The SMILES string of the molecule is CCC(CC)NC1CCN(c2nc3ccc(C)cc3cc2-c2noc(C)n2)CC1.Cc1ccc2nc(N3CCC(NC4CCCC4)CC3)c(-c3noc(C)n3)cc2c1.Cc1ccc2nc(N3CCC(NC4CCCCCC4)CC3)c(-c3noc(C)n3)cc2c1.Cc1ccc2nc(N3CCC(NCC(C)(C)O)CC3)c(-c3noc(C)n3)cc2c1.Cc1ccc2nc(N3CCC(NCC(C)C)CC3)c(-c3noc(C)n3)cc2c1. The smallest absolute Gasteiger partial charge is 0.223 e. The molecule has 6 N–H and O–H groups in total. The summed E-state index contributed by atoms with van der Waals surface area (Å²) in [4.78, 5) is 59.4. The summed E-state index contributed by atoms with van der Waals surface area (Å²) in [7, 11) is 0. The van der Waals surface area contributed by atoms with Gasteiger partial charge in [-0.25, -0.2) is 24.9 Å². The Morgan fingerprint density at radius 2 is 0.534 bits per heavy atom. The van der Waals surface area contributed by atoms with E-state index in [1.807, 2.05) is 41.5 Å². The van der Waals surface area contributed by atoms with Crippen LogP contribution in [0.25, 0.3) is 111 Å². The predicted molar refractivity (Wildman–Crippen MR) is 583 cm³/mol. The highest BCUT2D eigenvalue weighted by molar-refractivity contribution is 5.93. The van der Waals surface area contributed by atoms with Crippen LogP contribution >= 0.6 is 0 Å². The molecular weight excluding hydrogens is 1830 g/mol. The lowest BCUT2D eigenvalue weighted by molar-refractivity contribution is 0.0752. The summed E-state index contributed by atoms with van der Waals surface area (Å²) in [6, 6.07) is 47.4. The fourth-order valence-electron chi connectivity index (χ4n) is 21.7. The van der Waals surface area contributed by atoms with Crippen molar-refractivity contribution in [1.82, 2.24) is 102 Å². The van der Waals surface area contributed by atoms with E-state index in [0.717, 1.165) is 254 Å². The first-order valence-corrected chi connectivity index (χ1v) is 54.0. The van der Waals surface area contributed by atoms with Crippen LogP contribution in [0.15, 0.2) is 144 Å². The lowest BCUT2D eigenvalue weighted by atomic mass is 10.0. The van der Waals surface area contributed by atoms with Crippen molar-refractivity contribution in [2.45, 2.75) is 306 Å². The van der Waals surface area contributed by atoms with Gasteiger partial charge in [-0.2, -0.15) is 24.9 Å². The normalized spacial score (nSPS) is 17.0. The van der Waals surface area contributed by atoms with Crippen molar-refractivity contribution in [3.05, 3.63) is 179 Å². The molecule has 0 radical (unpaired) electrons. The number of pyridine rings is 5. The van der Waals surface area contributed by atoms with Gasteiger partial charge in [-0.1, -0.05) is 150 Å². The van der Waals surface area contributed by atoms with Crippen molar-refractivity contribution in [1.29, 1.82) is 0 Å². The van der Waals surface area contributed by atoms with E-state index in [0.29, 0.717) is 113 Å². The quantitative estimate of drug-likeness (QED) is 0.0306.